The molecule has 0 saturated heterocycles. The van der Waals surface area contributed by atoms with Crippen LogP contribution in [0.3, 0.4) is 0 Å². The summed E-state index contributed by atoms with van der Waals surface area (Å²) in [4.78, 5) is 14.0. The zero-order chi connectivity index (χ0) is 13.8. The van der Waals surface area contributed by atoms with Crippen LogP contribution in [0.15, 0.2) is 12.3 Å². The van der Waals surface area contributed by atoms with Crippen LogP contribution in [0.2, 0.25) is 0 Å². The topological polar surface area (TPSA) is 69.2 Å². The first-order valence-electron chi connectivity index (χ1n) is 5.78. The molecule has 2 aromatic rings. The van der Waals surface area contributed by atoms with Crippen LogP contribution in [-0.4, -0.2) is 29.2 Å². The van der Waals surface area contributed by atoms with E-state index in [2.05, 4.69) is 20.3 Å². The lowest BCUT2D eigenvalue weighted by Crippen LogP contribution is -2.10. The van der Waals surface area contributed by atoms with Crippen LogP contribution in [0.4, 0.5) is 5.95 Å². The minimum absolute atomic E-state index is 0.0236. The van der Waals surface area contributed by atoms with Crippen molar-refractivity contribution < 1.29 is 9.47 Å². The largest absolute Gasteiger partial charge is 0.481 e. The summed E-state index contributed by atoms with van der Waals surface area (Å²) < 4.78 is 10.2. The van der Waals surface area contributed by atoms with Crippen molar-refractivity contribution in [2.75, 3.05) is 19.5 Å². The van der Waals surface area contributed by atoms with Crippen molar-refractivity contribution in [2.45, 2.75) is 19.9 Å². The summed E-state index contributed by atoms with van der Waals surface area (Å²) in [5.74, 6) is 1.37. The summed E-state index contributed by atoms with van der Waals surface area (Å²) in [5, 5.41) is 4.18. The molecule has 102 valence electrons. The Balaban J connectivity index is 2.18. The third-order valence-corrected chi connectivity index (χ3v) is 3.55. The van der Waals surface area contributed by atoms with Crippen LogP contribution in [0.25, 0.3) is 0 Å². The summed E-state index contributed by atoms with van der Waals surface area (Å²) >= 11 is 1.64. The fourth-order valence-electron chi connectivity index (χ4n) is 1.51. The van der Waals surface area contributed by atoms with Crippen molar-refractivity contribution in [3.8, 4) is 11.8 Å². The van der Waals surface area contributed by atoms with Crippen LogP contribution >= 0.6 is 11.3 Å². The Morgan fingerprint density at radius 1 is 1.21 bits per heavy atom. The second-order valence-corrected chi connectivity index (χ2v) is 5.22. The number of aryl methyl sites for hydroxylation is 1. The fourth-order valence-corrected chi connectivity index (χ4v) is 2.28. The lowest BCUT2D eigenvalue weighted by Gasteiger charge is -2.12. The van der Waals surface area contributed by atoms with Gasteiger partial charge in [0.05, 0.1) is 26.3 Å². The van der Waals surface area contributed by atoms with Crippen molar-refractivity contribution in [1.29, 1.82) is 0 Å². The van der Waals surface area contributed by atoms with Crippen LogP contribution < -0.4 is 14.8 Å². The van der Waals surface area contributed by atoms with Gasteiger partial charge in [-0.2, -0.15) is 9.97 Å². The van der Waals surface area contributed by atoms with Gasteiger partial charge in [0.25, 0.3) is 0 Å². The number of nitrogens with one attached hydrogen (secondary N) is 1. The van der Waals surface area contributed by atoms with Crippen LogP contribution in [0.1, 0.15) is 22.9 Å². The van der Waals surface area contributed by atoms with Gasteiger partial charge in [-0.25, -0.2) is 4.98 Å². The monoisotopic (exact) mass is 280 g/mol. The van der Waals surface area contributed by atoms with E-state index in [4.69, 9.17) is 9.47 Å². The summed E-state index contributed by atoms with van der Waals surface area (Å²) in [7, 11) is 3.11. The molecule has 1 atom stereocenters. The number of nitrogens with zero attached hydrogens (tertiary/aromatic N) is 3. The molecule has 0 radical (unpaired) electrons. The van der Waals surface area contributed by atoms with Gasteiger partial charge in [0, 0.05) is 11.1 Å². The summed E-state index contributed by atoms with van der Waals surface area (Å²) in [5.41, 5.74) is 0. The number of ether oxygens (including phenoxy) is 2. The van der Waals surface area contributed by atoms with E-state index in [0.717, 1.165) is 5.01 Å². The predicted molar refractivity (Wildman–Crippen MR) is 74.0 cm³/mol. The molecule has 1 unspecified atom stereocenters. The van der Waals surface area contributed by atoms with E-state index >= 15 is 0 Å². The molecule has 0 fully saturated rings. The van der Waals surface area contributed by atoms with Gasteiger partial charge >= 0.3 is 0 Å². The van der Waals surface area contributed by atoms with Crippen molar-refractivity contribution in [2.24, 2.45) is 0 Å². The van der Waals surface area contributed by atoms with E-state index in [1.165, 1.54) is 4.88 Å². The van der Waals surface area contributed by atoms with Crippen molar-refractivity contribution in [1.82, 2.24) is 15.0 Å². The first-order valence-corrected chi connectivity index (χ1v) is 6.60. The molecule has 0 aliphatic carbocycles. The lowest BCUT2D eigenvalue weighted by molar-refractivity contribution is 0.372. The Labute approximate surface area is 115 Å². The maximum absolute atomic E-state index is 5.10. The summed E-state index contributed by atoms with van der Waals surface area (Å²) in [6, 6.07) is 1.65. The highest BCUT2D eigenvalue weighted by molar-refractivity contribution is 7.11. The van der Waals surface area contributed by atoms with Gasteiger partial charge in [0.2, 0.25) is 17.7 Å². The van der Waals surface area contributed by atoms with Crippen molar-refractivity contribution in [3.05, 3.63) is 22.1 Å². The first kappa shape index (κ1) is 13.5. The predicted octanol–water partition coefficient (Wildman–Crippen LogP) is 2.43. The SMILES string of the molecule is COc1cc(OC)nc(NC(C)c2ncc(C)s2)n1. The molecule has 0 aliphatic rings. The Kier molecular flexibility index (Phi) is 4.16. The number of hydrogen-bond donors (Lipinski definition) is 1. The molecule has 0 aromatic carbocycles. The Hall–Kier alpha value is -1.89. The zero-order valence-electron chi connectivity index (χ0n) is 11.3. The van der Waals surface area contributed by atoms with Crippen LogP contribution in [-0.2, 0) is 0 Å². The molecule has 0 bridgehead atoms. The fraction of sp³-hybridized carbons (Fsp3) is 0.417. The highest BCUT2D eigenvalue weighted by atomic mass is 32.1. The average molecular weight is 280 g/mol. The van der Waals surface area contributed by atoms with Crippen molar-refractivity contribution in [3.63, 3.8) is 0 Å². The number of anilines is 1. The van der Waals surface area contributed by atoms with Crippen LogP contribution in [0.5, 0.6) is 11.8 Å². The Morgan fingerprint density at radius 2 is 1.84 bits per heavy atom. The second-order valence-electron chi connectivity index (χ2n) is 3.95. The van der Waals surface area contributed by atoms with Gasteiger partial charge in [0.1, 0.15) is 5.01 Å². The Bertz CT molecular complexity index is 536. The quantitative estimate of drug-likeness (QED) is 0.907. The highest BCUT2D eigenvalue weighted by Gasteiger charge is 2.12. The lowest BCUT2D eigenvalue weighted by atomic mass is 10.3. The van der Waals surface area contributed by atoms with E-state index in [1.807, 2.05) is 20.0 Å². The molecule has 2 aromatic heterocycles. The molecular formula is C12H16N4O2S. The minimum Gasteiger partial charge on any atom is -0.481 e. The average Bonchev–Trinajstić information content (AvgIpc) is 2.85. The van der Waals surface area contributed by atoms with Gasteiger partial charge in [-0.1, -0.05) is 0 Å². The number of methoxy groups -OCH3 is 2. The molecule has 0 saturated carbocycles. The van der Waals surface area contributed by atoms with E-state index < -0.39 is 0 Å². The van der Waals surface area contributed by atoms with Gasteiger partial charge in [-0.05, 0) is 13.8 Å². The molecule has 2 heterocycles. The van der Waals surface area contributed by atoms with Gasteiger partial charge < -0.3 is 14.8 Å². The standard InChI is InChI=1S/C12H16N4O2S/c1-7-6-13-11(19-7)8(2)14-12-15-9(17-3)5-10(16-12)18-4/h5-6,8H,1-4H3,(H,14,15,16). The molecule has 0 amide bonds. The summed E-state index contributed by atoms with van der Waals surface area (Å²) in [6.45, 7) is 4.03. The van der Waals surface area contributed by atoms with E-state index in [1.54, 1.807) is 31.6 Å². The summed E-state index contributed by atoms with van der Waals surface area (Å²) in [6.07, 6.45) is 1.85. The molecule has 2 rings (SSSR count). The number of aromatic nitrogens is 3. The van der Waals surface area contributed by atoms with E-state index in [0.29, 0.717) is 17.7 Å². The molecule has 0 spiro atoms. The zero-order valence-corrected chi connectivity index (χ0v) is 12.1. The van der Waals surface area contributed by atoms with E-state index in [-0.39, 0.29) is 6.04 Å². The third kappa shape index (κ3) is 3.31. The first-order chi connectivity index (χ1) is 9.12. The highest BCUT2D eigenvalue weighted by Crippen LogP contribution is 2.24. The molecule has 1 N–H and O–H groups in total. The van der Waals surface area contributed by atoms with Gasteiger partial charge in [-0.3, -0.25) is 0 Å². The molecular weight excluding hydrogens is 264 g/mol. The molecule has 6 nitrogen and oxygen atoms in total. The third-order valence-electron chi connectivity index (χ3n) is 2.45. The molecule has 0 aliphatic heterocycles. The number of rotatable bonds is 5. The smallest absolute Gasteiger partial charge is 0.229 e. The van der Waals surface area contributed by atoms with Crippen molar-refractivity contribution >= 4 is 17.3 Å². The maximum Gasteiger partial charge on any atom is 0.229 e. The Morgan fingerprint density at radius 3 is 2.32 bits per heavy atom. The minimum atomic E-state index is 0.0236. The van der Waals surface area contributed by atoms with E-state index in [9.17, 15) is 0 Å². The number of thiazole rings is 1. The van der Waals surface area contributed by atoms with Gasteiger partial charge in [-0.15, -0.1) is 11.3 Å². The molecule has 19 heavy (non-hydrogen) atoms. The maximum atomic E-state index is 5.10. The normalized spacial score (nSPS) is 12.0. The second kappa shape index (κ2) is 5.83. The molecule has 7 heteroatoms. The van der Waals surface area contributed by atoms with Gasteiger partial charge in [0.15, 0.2) is 0 Å². The van der Waals surface area contributed by atoms with Crippen LogP contribution in [0, 0.1) is 6.92 Å². The number of hydrogen-bond acceptors (Lipinski definition) is 7.